The average Bonchev–Trinajstić information content (AvgIpc) is 2.88. The van der Waals surface area contributed by atoms with Gasteiger partial charge in [0, 0.05) is 5.69 Å². The van der Waals surface area contributed by atoms with Crippen LogP contribution in [-0.2, 0) is 0 Å². The van der Waals surface area contributed by atoms with Gasteiger partial charge >= 0.3 is 0 Å². The monoisotopic (exact) mass is 324 g/mol. The Kier molecular flexibility index (Phi) is 3.87. The number of para-hydroxylation sites is 2. The molecule has 2 aromatic rings. The van der Waals surface area contributed by atoms with Gasteiger partial charge in [-0.25, -0.2) is 4.99 Å². The van der Waals surface area contributed by atoms with Crippen LogP contribution in [0.3, 0.4) is 0 Å². The van der Waals surface area contributed by atoms with Crippen LogP contribution in [0.25, 0.3) is 0 Å². The van der Waals surface area contributed by atoms with Gasteiger partial charge in [0.2, 0.25) is 0 Å². The highest BCUT2D eigenvalue weighted by Gasteiger charge is 2.52. The fourth-order valence-electron chi connectivity index (χ4n) is 3.46. The molecule has 2 aromatic carbocycles. The van der Waals surface area contributed by atoms with Crippen molar-refractivity contribution in [3.63, 3.8) is 0 Å². The first-order chi connectivity index (χ1) is 11.3. The van der Waals surface area contributed by atoms with Gasteiger partial charge in [-0.15, -0.1) is 0 Å². The van der Waals surface area contributed by atoms with Crippen molar-refractivity contribution < 1.29 is 5.11 Å². The highest BCUT2D eigenvalue weighted by molar-refractivity contribution is 8.15. The van der Waals surface area contributed by atoms with E-state index in [4.69, 9.17) is 4.99 Å². The molecule has 118 valence electrons. The Morgan fingerprint density at radius 3 is 2.43 bits per heavy atom. The van der Waals surface area contributed by atoms with Gasteiger partial charge < -0.3 is 5.11 Å². The number of nitrogens with zero attached hydrogens (tertiary/aromatic N) is 2. The topological polar surface area (TPSA) is 35.8 Å². The fourth-order valence-corrected chi connectivity index (χ4v) is 4.94. The molecule has 1 aliphatic heterocycles. The van der Waals surface area contributed by atoms with Gasteiger partial charge in [0.1, 0.15) is 0 Å². The Hall–Kier alpha value is -1.78. The predicted molar refractivity (Wildman–Crippen MR) is 97.3 cm³/mol. The normalized spacial score (nSPS) is 28.8. The molecule has 1 N–H and O–H groups in total. The number of hydrogen-bond donors (Lipinski definition) is 1. The van der Waals surface area contributed by atoms with Crippen LogP contribution < -0.4 is 4.90 Å². The number of fused-ring (bicyclic) bond motifs is 1. The third kappa shape index (κ3) is 2.66. The lowest BCUT2D eigenvalue weighted by atomic mass is 9.90. The van der Waals surface area contributed by atoms with Gasteiger partial charge in [0.15, 0.2) is 10.9 Å². The van der Waals surface area contributed by atoms with Crippen molar-refractivity contribution in [3.05, 3.63) is 60.7 Å². The van der Waals surface area contributed by atoms with Crippen molar-refractivity contribution >= 4 is 28.3 Å². The Bertz CT molecular complexity index is 704. The number of aliphatic imine (C=N–C) groups is 1. The predicted octanol–water partition coefficient (Wildman–Crippen LogP) is 4.56. The summed E-state index contributed by atoms with van der Waals surface area (Å²) >= 11 is 1.72. The zero-order valence-corrected chi connectivity index (χ0v) is 13.7. The Labute approximate surface area is 141 Å². The third-order valence-corrected chi connectivity index (χ3v) is 5.98. The number of rotatable bonds is 2. The minimum Gasteiger partial charge on any atom is -0.369 e. The number of thioether (sulfide) groups is 1. The van der Waals surface area contributed by atoms with Gasteiger partial charge in [-0.3, -0.25) is 4.90 Å². The second-order valence-electron chi connectivity index (χ2n) is 6.13. The van der Waals surface area contributed by atoms with E-state index in [1.165, 1.54) is 6.42 Å². The molecule has 23 heavy (non-hydrogen) atoms. The summed E-state index contributed by atoms with van der Waals surface area (Å²) in [6, 6.07) is 20.1. The van der Waals surface area contributed by atoms with Crippen LogP contribution in [0, 0.1) is 0 Å². The molecule has 1 saturated carbocycles. The third-order valence-electron chi connectivity index (χ3n) is 4.60. The molecule has 0 aromatic heterocycles. The van der Waals surface area contributed by atoms with E-state index in [-0.39, 0.29) is 5.25 Å². The van der Waals surface area contributed by atoms with E-state index < -0.39 is 5.72 Å². The lowest BCUT2D eigenvalue weighted by molar-refractivity contribution is 0.0242. The summed E-state index contributed by atoms with van der Waals surface area (Å²) in [6.45, 7) is 0. The van der Waals surface area contributed by atoms with Gasteiger partial charge in [0.25, 0.3) is 0 Å². The lowest BCUT2D eigenvalue weighted by Crippen LogP contribution is -2.53. The molecule has 3 nitrogen and oxygen atoms in total. The van der Waals surface area contributed by atoms with Crippen molar-refractivity contribution in [2.75, 3.05) is 4.90 Å². The van der Waals surface area contributed by atoms with Crippen LogP contribution in [0.4, 0.5) is 11.4 Å². The van der Waals surface area contributed by atoms with Gasteiger partial charge in [0.05, 0.1) is 10.9 Å². The number of aliphatic hydroxyl groups is 1. The minimum atomic E-state index is -0.822. The molecule has 2 atom stereocenters. The second-order valence-corrected chi connectivity index (χ2v) is 7.30. The summed E-state index contributed by atoms with van der Waals surface area (Å²) in [7, 11) is 0. The minimum absolute atomic E-state index is 0.193. The Balaban J connectivity index is 1.79. The van der Waals surface area contributed by atoms with E-state index in [1.807, 2.05) is 48.5 Å². The molecule has 1 aliphatic carbocycles. The van der Waals surface area contributed by atoms with E-state index in [1.54, 1.807) is 11.8 Å². The van der Waals surface area contributed by atoms with Crippen LogP contribution in [-0.4, -0.2) is 21.2 Å². The largest absolute Gasteiger partial charge is 0.369 e. The van der Waals surface area contributed by atoms with Crippen LogP contribution >= 0.6 is 11.8 Å². The average molecular weight is 324 g/mol. The lowest BCUT2D eigenvalue weighted by Gasteiger charge is -2.40. The second kappa shape index (κ2) is 6.02. The maximum absolute atomic E-state index is 11.4. The van der Waals surface area contributed by atoms with Crippen LogP contribution in [0.15, 0.2) is 65.7 Å². The van der Waals surface area contributed by atoms with Crippen molar-refractivity contribution in [3.8, 4) is 0 Å². The zero-order valence-electron chi connectivity index (χ0n) is 12.9. The summed E-state index contributed by atoms with van der Waals surface area (Å²) in [4.78, 5) is 6.88. The van der Waals surface area contributed by atoms with E-state index in [0.29, 0.717) is 0 Å². The highest BCUT2D eigenvalue weighted by Crippen LogP contribution is 2.49. The number of amidine groups is 1. The molecule has 4 heteroatoms. The molecule has 2 aliphatic rings. The summed E-state index contributed by atoms with van der Waals surface area (Å²) < 4.78 is 0. The summed E-state index contributed by atoms with van der Waals surface area (Å²) in [5.41, 5.74) is 1.12. The van der Waals surface area contributed by atoms with Crippen molar-refractivity contribution in [1.29, 1.82) is 0 Å². The molecular formula is C19H20N2OS. The van der Waals surface area contributed by atoms with Crippen LogP contribution in [0.2, 0.25) is 0 Å². The van der Waals surface area contributed by atoms with Crippen molar-refractivity contribution in [2.24, 2.45) is 4.99 Å². The molecule has 1 saturated heterocycles. The fraction of sp³-hybridized carbons (Fsp3) is 0.316. The van der Waals surface area contributed by atoms with Gasteiger partial charge in [-0.2, -0.15) is 0 Å². The molecular weight excluding hydrogens is 304 g/mol. The van der Waals surface area contributed by atoms with E-state index in [0.717, 1.165) is 35.8 Å². The maximum Gasteiger partial charge on any atom is 0.171 e. The first-order valence-corrected chi connectivity index (χ1v) is 9.03. The summed E-state index contributed by atoms with van der Waals surface area (Å²) in [5, 5.41) is 12.5. The van der Waals surface area contributed by atoms with Crippen LogP contribution in [0.5, 0.6) is 0 Å². The highest BCUT2D eigenvalue weighted by atomic mass is 32.2. The first-order valence-electron chi connectivity index (χ1n) is 8.15. The standard InChI is InChI=1S/C19H20N2OS/c22-19-14-8-7-13-17(19)23-18(20-15-9-3-1-4-10-15)21(19)16-11-5-2-6-12-16/h1-6,9-12,17,22H,7-8,13-14H2. The van der Waals surface area contributed by atoms with E-state index in [9.17, 15) is 5.11 Å². The Morgan fingerprint density at radius 1 is 1.00 bits per heavy atom. The Morgan fingerprint density at radius 2 is 1.70 bits per heavy atom. The quantitative estimate of drug-likeness (QED) is 0.880. The number of hydrogen-bond acceptors (Lipinski definition) is 3. The summed E-state index contributed by atoms with van der Waals surface area (Å²) in [6.07, 6.45) is 4.09. The number of anilines is 1. The van der Waals surface area contributed by atoms with Crippen LogP contribution in [0.1, 0.15) is 25.7 Å². The smallest absolute Gasteiger partial charge is 0.171 e. The van der Waals surface area contributed by atoms with E-state index in [2.05, 4.69) is 17.0 Å². The summed E-state index contributed by atoms with van der Waals surface area (Å²) in [5.74, 6) is 0. The molecule has 0 amide bonds. The SMILES string of the molecule is OC12CCCCC1SC(=Nc1ccccc1)N2c1ccccc1. The first kappa shape index (κ1) is 14.8. The zero-order chi connectivity index (χ0) is 15.7. The molecule has 1 heterocycles. The van der Waals surface area contributed by atoms with Gasteiger partial charge in [-0.1, -0.05) is 54.6 Å². The van der Waals surface area contributed by atoms with E-state index >= 15 is 0 Å². The molecule has 0 bridgehead atoms. The molecule has 2 unspecified atom stereocenters. The molecule has 4 rings (SSSR count). The molecule has 0 spiro atoms. The molecule has 2 fully saturated rings. The maximum atomic E-state index is 11.4. The van der Waals surface area contributed by atoms with Gasteiger partial charge in [-0.05, 0) is 43.5 Å². The number of benzene rings is 2. The van der Waals surface area contributed by atoms with Crippen molar-refractivity contribution in [2.45, 2.75) is 36.7 Å². The molecule has 0 radical (unpaired) electrons. The van der Waals surface area contributed by atoms with Crippen molar-refractivity contribution in [1.82, 2.24) is 0 Å².